The van der Waals surface area contributed by atoms with Gasteiger partial charge in [-0.1, -0.05) is 6.92 Å². The molecular formula is C44H48F2N10O6. The van der Waals surface area contributed by atoms with E-state index in [2.05, 4.69) is 32.5 Å². The van der Waals surface area contributed by atoms with Gasteiger partial charge in [-0.15, -0.1) is 0 Å². The molecule has 0 saturated carbocycles. The fourth-order valence-corrected chi connectivity index (χ4v) is 9.15. The molecule has 16 nitrogen and oxygen atoms in total. The number of anilines is 3. The fraction of sp³-hybridized carbons (Fsp3) is 0.432. The van der Waals surface area contributed by atoms with Crippen LogP contribution >= 0.6 is 0 Å². The molecule has 7 heterocycles. The number of carbonyl (C=O) groups excluding carboxylic acids is 4. The van der Waals surface area contributed by atoms with Gasteiger partial charge in [0.05, 0.1) is 59.6 Å². The number of aliphatic hydroxyl groups excluding tert-OH is 1. The molecule has 4 aliphatic heterocycles. The first-order valence-corrected chi connectivity index (χ1v) is 21.0. The Hall–Kier alpha value is -6.43. The molecule has 2 aromatic carbocycles. The number of piperazine rings is 1. The van der Waals surface area contributed by atoms with Gasteiger partial charge in [-0.3, -0.25) is 34.8 Å². The molecular weight excluding hydrogens is 803 g/mol. The number of fused-ring (bicyclic) bond motifs is 7. The van der Waals surface area contributed by atoms with Crippen LogP contribution in [0, 0.1) is 30.4 Å². The number of carbonyl (C=O) groups is 4. The summed E-state index contributed by atoms with van der Waals surface area (Å²) in [6.45, 7) is 6.51. The highest BCUT2D eigenvalue weighted by Gasteiger charge is 2.41. The monoisotopic (exact) mass is 850 g/mol. The van der Waals surface area contributed by atoms with Crippen molar-refractivity contribution in [2.24, 2.45) is 18.9 Å². The third kappa shape index (κ3) is 7.71. The minimum absolute atomic E-state index is 0.00126. The van der Waals surface area contributed by atoms with Crippen molar-refractivity contribution in [1.82, 2.24) is 34.5 Å². The molecule has 2 bridgehead atoms. The summed E-state index contributed by atoms with van der Waals surface area (Å²) in [6, 6.07) is 11.2. The lowest BCUT2D eigenvalue weighted by Gasteiger charge is -2.47. The Morgan fingerprint density at radius 1 is 0.935 bits per heavy atom. The van der Waals surface area contributed by atoms with Crippen molar-refractivity contribution in [2.75, 3.05) is 61.1 Å². The molecule has 0 unspecified atom stereocenters. The Bertz CT molecular complexity index is 2580. The number of hydrogen-bond donors (Lipinski definition) is 3. The highest BCUT2D eigenvalue weighted by molar-refractivity contribution is 6.05. The topological polar surface area (TPSA) is 180 Å². The first-order chi connectivity index (χ1) is 29.8. The van der Waals surface area contributed by atoms with Gasteiger partial charge >= 0.3 is 0 Å². The summed E-state index contributed by atoms with van der Waals surface area (Å²) in [5.41, 5.74) is 4.71. The predicted molar refractivity (Wildman–Crippen MR) is 225 cm³/mol. The number of rotatable bonds is 5. The van der Waals surface area contributed by atoms with Gasteiger partial charge in [-0.05, 0) is 74.6 Å². The first-order valence-electron chi connectivity index (χ1n) is 21.0. The molecule has 3 N–H and O–H groups in total. The first kappa shape index (κ1) is 40.9. The van der Waals surface area contributed by atoms with E-state index in [1.165, 1.54) is 12.1 Å². The van der Waals surface area contributed by atoms with Crippen LogP contribution in [0.1, 0.15) is 60.1 Å². The van der Waals surface area contributed by atoms with Crippen molar-refractivity contribution >= 4 is 52.0 Å². The van der Waals surface area contributed by atoms with Gasteiger partial charge in [-0.25, -0.2) is 18.4 Å². The van der Waals surface area contributed by atoms with E-state index in [1.54, 1.807) is 32.8 Å². The number of pyridine rings is 1. The van der Waals surface area contributed by atoms with Crippen LogP contribution in [0.2, 0.25) is 0 Å². The lowest BCUT2D eigenvalue weighted by atomic mass is 9.89. The highest BCUT2D eigenvalue weighted by Crippen LogP contribution is 2.36. The Kier molecular flexibility index (Phi) is 10.9. The van der Waals surface area contributed by atoms with Gasteiger partial charge in [0, 0.05) is 80.9 Å². The van der Waals surface area contributed by atoms with Gasteiger partial charge in [0.2, 0.25) is 29.5 Å². The molecule has 324 valence electrons. The predicted octanol–water partition coefficient (Wildman–Crippen LogP) is 4.15. The lowest BCUT2D eigenvalue weighted by Crippen LogP contribution is -2.62. The number of aliphatic hydroxyl groups is 1. The second-order valence-electron chi connectivity index (χ2n) is 16.9. The van der Waals surface area contributed by atoms with Gasteiger partial charge in [0.15, 0.2) is 0 Å². The highest BCUT2D eigenvalue weighted by atomic mass is 19.1. The summed E-state index contributed by atoms with van der Waals surface area (Å²) in [7, 11) is 1.82. The number of aryl methyl sites for hydroxylation is 2. The van der Waals surface area contributed by atoms with Crippen LogP contribution in [0.15, 0.2) is 48.7 Å². The standard InChI is InChI=1S/C44H48F2N10O6/c1-24-5-4-12-62-43-32(18-47-52(43)3)36-14-26(13-25(2)48-36)40(59)51-44-49-35-8-6-28(17-37(35)56(44)19-24)53-10-11-55(30(22-53)23-57)42(61)27-20-54(21-27)29-15-33(45)39(34(46)16-29)31-7-9-38(58)50-41(31)60/h6,8,13-18,24,27,30-31,57H,4-5,7,9-12,19-23H2,1-3H3,(H,49,51,59)(H,50,58,60)/t24-,30-,31-/m1/s1. The minimum atomic E-state index is -1.09. The summed E-state index contributed by atoms with van der Waals surface area (Å²) in [5, 5.41) is 20.2. The van der Waals surface area contributed by atoms with Crippen LogP contribution in [0.5, 0.6) is 5.88 Å². The number of ether oxygens (including phenoxy) is 1. The number of hydrogen-bond acceptors (Lipinski definition) is 11. The number of amides is 4. The van der Waals surface area contributed by atoms with Crippen molar-refractivity contribution in [3.8, 4) is 17.1 Å². The second kappa shape index (κ2) is 16.4. The third-order valence-corrected chi connectivity index (χ3v) is 12.5. The Labute approximate surface area is 355 Å². The minimum Gasteiger partial charge on any atom is -0.477 e. The molecule has 0 radical (unpaired) electrons. The van der Waals surface area contributed by atoms with Crippen molar-refractivity contribution in [1.29, 1.82) is 0 Å². The normalized spacial score (nSPS) is 21.3. The molecule has 5 aromatic rings. The van der Waals surface area contributed by atoms with E-state index in [0.717, 1.165) is 24.0 Å². The van der Waals surface area contributed by atoms with Gasteiger partial charge in [0.1, 0.15) is 11.6 Å². The van der Waals surface area contributed by atoms with E-state index in [4.69, 9.17) is 9.72 Å². The fourth-order valence-electron chi connectivity index (χ4n) is 9.15. The maximum absolute atomic E-state index is 15.2. The van der Waals surface area contributed by atoms with Crippen molar-refractivity contribution in [3.63, 3.8) is 0 Å². The smallest absolute Gasteiger partial charge is 0.258 e. The molecule has 0 aliphatic carbocycles. The van der Waals surface area contributed by atoms with Crippen LogP contribution in [0.25, 0.3) is 22.3 Å². The summed E-state index contributed by atoms with van der Waals surface area (Å²) >= 11 is 0. The molecule has 4 aliphatic rings. The molecule has 62 heavy (non-hydrogen) atoms. The molecule has 3 atom stereocenters. The van der Waals surface area contributed by atoms with Gasteiger partial charge < -0.3 is 29.1 Å². The summed E-state index contributed by atoms with van der Waals surface area (Å²) in [6.07, 6.45) is 3.36. The quantitative estimate of drug-likeness (QED) is 0.217. The number of imidazole rings is 1. The van der Waals surface area contributed by atoms with Gasteiger partial charge in [-0.2, -0.15) is 5.10 Å². The molecule has 18 heteroatoms. The molecule has 0 spiro atoms. The van der Waals surface area contributed by atoms with Crippen molar-refractivity contribution < 1.29 is 37.8 Å². The van der Waals surface area contributed by atoms with Crippen LogP contribution in [-0.4, -0.2) is 110 Å². The molecule has 3 saturated heterocycles. The Morgan fingerprint density at radius 2 is 1.73 bits per heavy atom. The number of benzene rings is 2. The lowest BCUT2D eigenvalue weighted by molar-refractivity contribution is -0.140. The van der Waals surface area contributed by atoms with Gasteiger partial charge in [0.25, 0.3) is 5.91 Å². The van der Waals surface area contributed by atoms with E-state index in [1.807, 2.05) is 36.7 Å². The SMILES string of the molecule is Cc1cc2cc(n1)-c1cnn(C)c1OCCC[C@@H](C)Cn1c(nc3ccc(N4CCN(C(=O)C5CN(c6cc(F)c([C@H]7CCC(=O)NC7=O)c(F)c6)C5)[C@@H](CO)C4)cc31)NC2=O. The number of imide groups is 1. The van der Waals surface area contributed by atoms with E-state index in [-0.39, 0.29) is 61.5 Å². The number of nitrogens with one attached hydrogen (secondary N) is 2. The van der Waals surface area contributed by atoms with E-state index >= 15 is 8.78 Å². The van der Waals surface area contributed by atoms with Crippen LogP contribution in [0.4, 0.5) is 26.1 Å². The van der Waals surface area contributed by atoms with Crippen molar-refractivity contribution in [3.05, 3.63) is 77.1 Å². The summed E-state index contributed by atoms with van der Waals surface area (Å²) in [5.74, 6) is -3.72. The zero-order valence-corrected chi connectivity index (χ0v) is 34.7. The van der Waals surface area contributed by atoms with E-state index in [9.17, 15) is 24.3 Å². The molecule has 3 aromatic heterocycles. The molecule has 9 rings (SSSR count). The zero-order chi connectivity index (χ0) is 43.4. The summed E-state index contributed by atoms with van der Waals surface area (Å²) in [4.78, 5) is 66.7. The third-order valence-electron chi connectivity index (χ3n) is 12.5. The maximum Gasteiger partial charge on any atom is 0.258 e. The maximum atomic E-state index is 15.2. The number of piperidine rings is 1. The molecule has 3 fully saturated rings. The summed E-state index contributed by atoms with van der Waals surface area (Å²) < 4.78 is 40.4. The molecule has 4 amide bonds. The van der Waals surface area contributed by atoms with E-state index < -0.39 is 41.3 Å². The average molecular weight is 851 g/mol. The number of nitrogens with zero attached hydrogens (tertiary/aromatic N) is 8. The number of aromatic nitrogens is 5. The van der Waals surface area contributed by atoms with Crippen LogP contribution in [-0.2, 0) is 28.0 Å². The Morgan fingerprint density at radius 3 is 2.48 bits per heavy atom. The van der Waals surface area contributed by atoms with Crippen molar-refractivity contribution in [2.45, 2.75) is 58.0 Å². The largest absolute Gasteiger partial charge is 0.477 e. The Balaban J connectivity index is 0.899. The second-order valence-corrected chi connectivity index (χ2v) is 16.9. The average Bonchev–Trinajstić information content (AvgIpc) is 3.76. The van der Waals surface area contributed by atoms with Crippen LogP contribution in [0.3, 0.4) is 0 Å². The number of halogens is 2. The van der Waals surface area contributed by atoms with E-state index in [0.29, 0.717) is 72.6 Å². The van der Waals surface area contributed by atoms with Crippen LogP contribution < -0.4 is 25.2 Å². The zero-order valence-electron chi connectivity index (χ0n) is 34.7.